The Kier molecular flexibility index (Phi) is 6.31. The Labute approximate surface area is 69.8 Å². The second-order valence-electron chi connectivity index (χ2n) is 1.81. The van der Waals surface area contributed by atoms with Gasteiger partial charge in [0.25, 0.3) is 0 Å². The summed E-state index contributed by atoms with van der Waals surface area (Å²) >= 11 is 3.35. The maximum Gasteiger partial charge on any atom is 0.171 e. The maximum absolute atomic E-state index is 4.96. The Balaban J connectivity index is 3.53. The van der Waals surface area contributed by atoms with Crippen LogP contribution in [-0.4, -0.2) is 39.1 Å². The zero-order valence-corrected chi connectivity index (χ0v) is 8.05. The van der Waals surface area contributed by atoms with E-state index in [1.54, 1.807) is 21.3 Å². The lowest BCUT2D eigenvalue weighted by Crippen LogP contribution is -2.28. The topological polar surface area (TPSA) is 27.7 Å². The minimum atomic E-state index is -0.236. The number of hydrogen-bond acceptors (Lipinski definition) is 3. The molecule has 1 atom stereocenters. The average Bonchev–Trinajstić information content (AvgIpc) is 1.91. The third-order valence-corrected chi connectivity index (χ3v) is 1.78. The van der Waals surface area contributed by atoms with Crippen molar-refractivity contribution < 1.29 is 14.2 Å². The molecule has 0 aromatic rings. The standard InChI is InChI=1S/C6H13BrO3/c1-8-4-5(7)6(9-2)10-3/h5-6H,4H2,1-3H3/t5-/m1/s1. The second kappa shape index (κ2) is 6.09. The average molecular weight is 213 g/mol. The van der Waals surface area contributed by atoms with Crippen molar-refractivity contribution in [3.63, 3.8) is 0 Å². The monoisotopic (exact) mass is 212 g/mol. The molecule has 0 spiro atoms. The van der Waals surface area contributed by atoms with Crippen molar-refractivity contribution in [1.82, 2.24) is 0 Å². The molecule has 0 aromatic heterocycles. The van der Waals surface area contributed by atoms with Gasteiger partial charge in [-0.05, 0) is 0 Å². The Hall–Kier alpha value is 0.360. The van der Waals surface area contributed by atoms with Crippen molar-refractivity contribution in [1.29, 1.82) is 0 Å². The Morgan fingerprint density at radius 3 is 2.00 bits per heavy atom. The Morgan fingerprint density at radius 2 is 1.70 bits per heavy atom. The molecule has 0 aromatic carbocycles. The molecule has 0 aliphatic rings. The molecular formula is C6H13BrO3. The van der Waals surface area contributed by atoms with Gasteiger partial charge in [0, 0.05) is 21.3 Å². The van der Waals surface area contributed by atoms with Gasteiger partial charge in [0.05, 0.1) is 11.4 Å². The van der Waals surface area contributed by atoms with Gasteiger partial charge in [-0.15, -0.1) is 0 Å². The van der Waals surface area contributed by atoms with Crippen molar-refractivity contribution in [3.8, 4) is 0 Å². The first-order valence-corrected chi connectivity index (χ1v) is 3.86. The molecule has 0 rings (SSSR count). The molecule has 3 nitrogen and oxygen atoms in total. The lowest BCUT2D eigenvalue weighted by atomic mass is 10.4. The fourth-order valence-electron chi connectivity index (χ4n) is 0.629. The van der Waals surface area contributed by atoms with Crippen molar-refractivity contribution in [3.05, 3.63) is 0 Å². The molecule has 0 heterocycles. The molecule has 0 saturated heterocycles. The Morgan fingerprint density at radius 1 is 1.20 bits per heavy atom. The first kappa shape index (κ1) is 10.4. The summed E-state index contributed by atoms with van der Waals surface area (Å²) in [6, 6.07) is 0. The van der Waals surface area contributed by atoms with Crippen molar-refractivity contribution >= 4 is 15.9 Å². The van der Waals surface area contributed by atoms with Crippen LogP contribution in [-0.2, 0) is 14.2 Å². The van der Waals surface area contributed by atoms with E-state index in [0.717, 1.165) is 0 Å². The molecule has 4 heteroatoms. The van der Waals surface area contributed by atoms with Gasteiger partial charge in [-0.2, -0.15) is 0 Å². The van der Waals surface area contributed by atoms with Gasteiger partial charge in [0.15, 0.2) is 6.29 Å². The smallest absolute Gasteiger partial charge is 0.171 e. The molecule has 0 bridgehead atoms. The van der Waals surface area contributed by atoms with Crippen molar-refractivity contribution in [2.75, 3.05) is 27.9 Å². The quantitative estimate of drug-likeness (QED) is 0.504. The second-order valence-corrected chi connectivity index (χ2v) is 2.99. The van der Waals surface area contributed by atoms with Crippen LogP contribution in [0, 0.1) is 0 Å². The van der Waals surface area contributed by atoms with Crippen LogP contribution in [0.25, 0.3) is 0 Å². The van der Waals surface area contributed by atoms with E-state index in [-0.39, 0.29) is 11.1 Å². The summed E-state index contributed by atoms with van der Waals surface area (Å²) in [5.74, 6) is 0. The highest BCUT2D eigenvalue weighted by Gasteiger charge is 2.16. The van der Waals surface area contributed by atoms with E-state index in [4.69, 9.17) is 14.2 Å². The summed E-state index contributed by atoms with van der Waals surface area (Å²) in [5, 5.41) is 0. The maximum atomic E-state index is 4.96. The largest absolute Gasteiger partial charge is 0.383 e. The van der Waals surface area contributed by atoms with Crippen LogP contribution < -0.4 is 0 Å². The van der Waals surface area contributed by atoms with E-state index in [0.29, 0.717) is 6.61 Å². The fraction of sp³-hybridized carbons (Fsp3) is 1.00. The van der Waals surface area contributed by atoms with Crippen LogP contribution in [0.1, 0.15) is 0 Å². The van der Waals surface area contributed by atoms with Crippen LogP contribution >= 0.6 is 15.9 Å². The highest BCUT2D eigenvalue weighted by atomic mass is 79.9. The van der Waals surface area contributed by atoms with Gasteiger partial charge in [0.1, 0.15) is 0 Å². The summed E-state index contributed by atoms with van der Waals surface area (Å²) in [6.45, 7) is 0.576. The van der Waals surface area contributed by atoms with Gasteiger partial charge in [-0.3, -0.25) is 0 Å². The molecular weight excluding hydrogens is 200 g/mol. The fourth-order valence-corrected chi connectivity index (χ4v) is 1.33. The van der Waals surface area contributed by atoms with Crippen molar-refractivity contribution in [2.24, 2.45) is 0 Å². The summed E-state index contributed by atoms with van der Waals surface area (Å²) in [7, 11) is 4.83. The SMILES string of the molecule is COC[C@@H](Br)C(OC)OC. The highest BCUT2D eigenvalue weighted by molar-refractivity contribution is 9.09. The van der Waals surface area contributed by atoms with Crippen molar-refractivity contribution in [2.45, 2.75) is 11.1 Å². The predicted molar refractivity (Wildman–Crippen MR) is 42.4 cm³/mol. The third-order valence-electron chi connectivity index (χ3n) is 1.09. The molecule has 0 N–H and O–H groups in total. The van der Waals surface area contributed by atoms with Gasteiger partial charge >= 0.3 is 0 Å². The lowest BCUT2D eigenvalue weighted by Gasteiger charge is -2.18. The van der Waals surface area contributed by atoms with E-state index in [2.05, 4.69) is 15.9 Å². The van der Waals surface area contributed by atoms with E-state index in [9.17, 15) is 0 Å². The van der Waals surface area contributed by atoms with E-state index < -0.39 is 0 Å². The summed E-state index contributed by atoms with van der Waals surface area (Å²) in [4.78, 5) is 0.0903. The zero-order chi connectivity index (χ0) is 7.98. The molecule has 62 valence electrons. The summed E-state index contributed by atoms with van der Waals surface area (Å²) in [5.41, 5.74) is 0. The molecule has 0 aliphatic heterocycles. The number of halogens is 1. The molecule has 0 fully saturated rings. The van der Waals surface area contributed by atoms with Crippen LogP contribution in [0.4, 0.5) is 0 Å². The molecule has 0 unspecified atom stereocenters. The molecule has 10 heavy (non-hydrogen) atoms. The van der Waals surface area contributed by atoms with Gasteiger partial charge in [-0.25, -0.2) is 0 Å². The minimum Gasteiger partial charge on any atom is -0.383 e. The highest BCUT2D eigenvalue weighted by Crippen LogP contribution is 2.09. The first-order chi connectivity index (χ1) is 4.76. The number of alkyl halides is 1. The molecule has 0 aliphatic carbocycles. The number of rotatable bonds is 5. The van der Waals surface area contributed by atoms with Crippen LogP contribution in [0.2, 0.25) is 0 Å². The first-order valence-electron chi connectivity index (χ1n) is 2.94. The zero-order valence-electron chi connectivity index (χ0n) is 6.46. The number of methoxy groups -OCH3 is 3. The molecule has 0 radical (unpaired) electrons. The summed E-state index contributed by atoms with van der Waals surface area (Å²) in [6.07, 6.45) is -0.236. The Bertz CT molecular complexity index is 75.4. The number of ether oxygens (including phenoxy) is 3. The van der Waals surface area contributed by atoms with Gasteiger partial charge in [-0.1, -0.05) is 15.9 Å². The predicted octanol–water partition coefficient (Wildman–Crippen LogP) is 1.02. The normalized spacial score (nSPS) is 14.1. The minimum absolute atomic E-state index is 0.0903. The van der Waals surface area contributed by atoms with E-state index in [1.807, 2.05) is 0 Å². The third kappa shape index (κ3) is 3.51. The van der Waals surface area contributed by atoms with Crippen LogP contribution in [0.15, 0.2) is 0 Å². The molecule has 0 saturated carbocycles. The van der Waals surface area contributed by atoms with E-state index >= 15 is 0 Å². The lowest BCUT2D eigenvalue weighted by molar-refractivity contribution is -0.107. The van der Waals surface area contributed by atoms with Gasteiger partial charge in [0.2, 0.25) is 0 Å². The van der Waals surface area contributed by atoms with Crippen LogP contribution in [0.3, 0.4) is 0 Å². The van der Waals surface area contributed by atoms with E-state index in [1.165, 1.54) is 0 Å². The molecule has 0 amide bonds. The van der Waals surface area contributed by atoms with Crippen LogP contribution in [0.5, 0.6) is 0 Å². The summed E-state index contributed by atoms with van der Waals surface area (Å²) < 4.78 is 14.8. The van der Waals surface area contributed by atoms with Gasteiger partial charge < -0.3 is 14.2 Å². The number of hydrogen-bond donors (Lipinski definition) is 0.